The molecule has 0 amide bonds. The molecule has 4 nitrogen and oxygen atoms in total. The molecule has 7 heteroatoms. The third-order valence-corrected chi connectivity index (χ3v) is 0.900. The Morgan fingerprint density at radius 2 is 2.17 bits per heavy atom. The molecule has 0 aliphatic heterocycles. The summed E-state index contributed by atoms with van der Waals surface area (Å²) in [6.45, 7) is 0. The number of nitrogens with zero attached hydrogens (tertiary/aromatic N) is 2. The molecule has 1 rings (SSSR count). The van der Waals surface area contributed by atoms with E-state index in [4.69, 9.17) is 0 Å². The quantitative estimate of drug-likeness (QED) is 0.628. The van der Waals surface area contributed by atoms with Crippen LogP contribution in [0, 0.1) is 0 Å². The average molecular weight is 180 g/mol. The molecular weight excluding hydrogens is 177 g/mol. The van der Waals surface area contributed by atoms with Crippen molar-refractivity contribution in [1.82, 2.24) is 9.71 Å². The summed E-state index contributed by atoms with van der Waals surface area (Å²) in [5.41, 5.74) is 0. The molecule has 0 saturated heterocycles. The van der Waals surface area contributed by atoms with E-state index in [1.807, 2.05) is 0 Å². The first kappa shape index (κ1) is 8.57. The Hall–Kier alpha value is -1.53. The van der Waals surface area contributed by atoms with Gasteiger partial charge in [0.15, 0.2) is 0 Å². The molecule has 0 unspecified atom stereocenters. The zero-order valence-corrected chi connectivity index (χ0v) is 5.58. The standard InChI is InChI=1S/C5H3F3N2O2/c6-5(7,8)4(11)12-10-2-1-9-3-10/h1-3H. The van der Waals surface area contributed by atoms with Gasteiger partial charge in [-0.05, 0) is 0 Å². The Bertz CT molecular complexity index is 267. The van der Waals surface area contributed by atoms with Crippen LogP contribution in [0.15, 0.2) is 18.7 Å². The van der Waals surface area contributed by atoms with Crippen LogP contribution in [0.4, 0.5) is 13.2 Å². The molecule has 0 saturated carbocycles. The largest absolute Gasteiger partial charge is 0.493 e. The van der Waals surface area contributed by atoms with Crippen molar-refractivity contribution in [3.05, 3.63) is 18.7 Å². The molecule has 0 bridgehead atoms. The first-order valence-corrected chi connectivity index (χ1v) is 2.77. The second kappa shape index (κ2) is 2.84. The monoisotopic (exact) mass is 180 g/mol. The highest BCUT2D eigenvalue weighted by molar-refractivity contribution is 5.75. The maximum Gasteiger partial charge on any atom is 0.493 e. The molecule has 0 aromatic carbocycles. The molecule has 0 aliphatic rings. The van der Waals surface area contributed by atoms with Crippen LogP contribution in [0.25, 0.3) is 0 Å². The molecule has 0 fully saturated rings. The number of rotatable bonds is 1. The smallest absolute Gasteiger partial charge is 0.327 e. The highest BCUT2D eigenvalue weighted by Crippen LogP contribution is 2.14. The molecule has 0 atom stereocenters. The lowest BCUT2D eigenvalue weighted by Crippen LogP contribution is -2.32. The third kappa shape index (κ3) is 1.97. The Morgan fingerprint density at radius 1 is 1.50 bits per heavy atom. The summed E-state index contributed by atoms with van der Waals surface area (Å²) < 4.78 is 35.2. The van der Waals surface area contributed by atoms with E-state index < -0.39 is 12.1 Å². The predicted molar refractivity (Wildman–Crippen MR) is 29.9 cm³/mol. The van der Waals surface area contributed by atoms with Gasteiger partial charge < -0.3 is 4.84 Å². The number of imidazole rings is 1. The van der Waals surface area contributed by atoms with Crippen molar-refractivity contribution in [3.63, 3.8) is 0 Å². The van der Waals surface area contributed by atoms with Crippen molar-refractivity contribution < 1.29 is 22.8 Å². The van der Waals surface area contributed by atoms with Crippen molar-refractivity contribution in [2.24, 2.45) is 0 Å². The Balaban J connectivity index is 2.60. The minimum atomic E-state index is -4.98. The van der Waals surface area contributed by atoms with Crippen LogP contribution < -0.4 is 4.84 Å². The number of hydrogen-bond acceptors (Lipinski definition) is 3. The van der Waals surface area contributed by atoms with Crippen LogP contribution >= 0.6 is 0 Å². The van der Waals surface area contributed by atoms with Crippen LogP contribution in [0.5, 0.6) is 0 Å². The van der Waals surface area contributed by atoms with Gasteiger partial charge in [-0.25, -0.2) is 9.78 Å². The Labute approximate surface area is 64.5 Å². The lowest BCUT2D eigenvalue weighted by atomic mass is 10.7. The van der Waals surface area contributed by atoms with Gasteiger partial charge in [0, 0.05) is 6.20 Å². The van der Waals surface area contributed by atoms with Crippen LogP contribution in [-0.4, -0.2) is 21.9 Å². The lowest BCUT2D eigenvalue weighted by molar-refractivity contribution is -0.199. The molecule has 1 heterocycles. The molecule has 12 heavy (non-hydrogen) atoms. The van der Waals surface area contributed by atoms with E-state index in [2.05, 4.69) is 9.82 Å². The summed E-state index contributed by atoms with van der Waals surface area (Å²) in [6, 6.07) is 0. The molecule has 0 spiro atoms. The fourth-order valence-corrected chi connectivity index (χ4v) is 0.448. The van der Waals surface area contributed by atoms with Crippen LogP contribution in [0.1, 0.15) is 0 Å². The second-order valence-corrected chi connectivity index (χ2v) is 1.80. The van der Waals surface area contributed by atoms with Gasteiger partial charge in [-0.3, -0.25) is 0 Å². The van der Waals surface area contributed by atoms with Gasteiger partial charge in [0.2, 0.25) is 0 Å². The van der Waals surface area contributed by atoms with E-state index in [0.29, 0.717) is 4.73 Å². The number of carbonyl (C=O) groups excluding carboxylic acids is 1. The maximum atomic E-state index is 11.5. The van der Waals surface area contributed by atoms with E-state index in [-0.39, 0.29) is 0 Å². The molecule has 66 valence electrons. The van der Waals surface area contributed by atoms with Gasteiger partial charge in [0.1, 0.15) is 6.33 Å². The van der Waals surface area contributed by atoms with Gasteiger partial charge in [-0.15, -0.1) is 0 Å². The average Bonchev–Trinajstić information content (AvgIpc) is 2.37. The van der Waals surface area contributed by atoms with Crippen molar-refractivity contribution in [1.29, 1.82) is 0 Å². The zero-order valence-electron chi connectivity index (χ0n) is 5.58. The lowest BCUT2D eigenvalue weighted by Gasteiger charge is -2.04. The second-order valence-electron chi connectivity index (χ2n) is 1.80. The first-order valence-electron chi connectivity index (χ1n) is 2.77. The van der Waals surface area contributed by atoms with Crippen LogP contribution in [-0.2, 0) is 4.79 Å². The van der Waals surface area contributed by atoms with Crippen molar-refractivity contribution in [2.45, 2.75) is 6.18 Å². The number of aromatic nitrogens is 2. The number of hydrogen-bond donors (Lipinski definition) is 0. The molecule has 0 N–H and O–H groups in total. The van der Waals surface area contributed by atoms with Gasteiger partial charge in [0.25, 0.3) is 0 Å². The maximum absolute atomic E-state index is 11.5. The Morgan fingerprint density at radius 3 is 2.58 bits per heavy atom. The Kier molecular flexibility index (Phi) is 2.03. The van der Waals surface area contributed by atoms with Gasteiger partial charge in [-0.1, -0.05) is 0 Å². The van der Waals surface area contributed by atoms with Gasteiger partial charge in [-0.2, -0.15) is 17.9 Å². The van der Waals surface area contributed by atoms with E-state index in [1.54, 1.807) is 0 Å². The topological polar surface area (TPSA) is 44.1 Å². The molecular formula is C5H3F3N2O2. The van der Waals surface area contributed by atoms with Crippen LogP contribution in [0.2, 0.25) is 0 Å². The molecule has 0 aliphatic carbocycles. The number of carbonyl (C=O) groups is 1. The molecule has 1 aromatic heterocycles. The van der Waals surface area contributed by atoms with E-state index in [9.17, 15) is 18.0 Å². The first-order chi connectivity index (χ1) is 5.50. The SMILES string of the molecule is O=C(On1ccnc1)C(F)(F)F. The number of alkyl halides is 3. The van der Waals surface area contributed by atoms with E-state index in [1.165, 1.54) is 6.20 Å². The normalized spacial score (nSPS) is 11.2. The summed E-state index contributed by atoms with van der Waals surface area (Å²) in [4.78, 5) is 17.3. The third-order valence-electron chi connectivity index (χ3n) is 0.900. The number of halogens is 3. The zero-order chi connectivity index (χ0) is 9.19. The highest BCUT2D eigenvalue weighted by atomic mass is 19.4. The summed E-state index contributed by atoms with van der Waals surface area (Å²) in [5.74, 6) is -2.28. The molecule has 1 aromatic rings. The van der Waals surface area contributed by atoms with Gasteiger partial charge in [0.05, 0.1) is 6.20 Å². The van der Waals surface area contributed by atoms with E-state index >= 15 is 0 Å². The minimum Gasteiger partial charge on any atom is -0.327 e. The summed E-state index contributed by atoms with van der Waals surface area (Å²) in [5, 5.41) is 0. The minimum absolute atomic E-state index is 0.565. The highest BCUT2D eigenvalue weighted by Gasteiger charge is 2.41. The summed E-state index contributed by atoms with van der Waals surface area (Å²) >= 11 is 0. The fourth-order valence-electron chi connectivity index (χ4n) is 0.448. The fraction of sp³-hybridized carbons (Fsp3) is 0.200. The molecule has 0 radical (unpaired) electrons. The van der Waals surface area contributed by atoms with Crippen molar-refractivity contribution in [3.8, 4) is 0 Å². The van der Waals surface area contributed by atoms with Gasteiger partial charge >= 0.3 is 12.1 Å². The summed E-state index contributed by atoms with van der Waals surface area (Å²) in [7, 11) is 0. The predicted octanol–water partition coefficient (Wildman–Crippen LogP) is 0.401. The van der Waals surface area contributed by atoms with E-state index in [0.717, 1.165) is 12.5 Å². The summed E-state index contributed by atoms with van der Waals surface area (Å²) in [6.07, 6.45) is -1.79. The van der Waals surface area contributed by atoms with Crippen molar-refractivity contribution in [2.75, 3.05) is 0 Å². The van der Waals surface area contributed by atoms with Crippen LogP contribution in [0.3, 0.4) is 0 Å². The van der Waals surface area contributed by atoms with Crippen molar-refractivity contribution >= 4 is 5.97 Å².